The van der Waals surface area contributed by atoms with Gasteiger partial charge in [-0.05, 0) is 33.0 Å². The van der Waals surface area contributed by atoms with Crippen molar-refractivity contribution in [2.75, 3.05) is 18.4 Å². The maximum atomic E-state index is 12.2. The number of amides is 1. The third-order valence-electron chi connectivity index (χ3n) is 3.22. The predicted octanol–water partition coefficient (Wildman–Crippen LogP) is 2.18. The van der Waals surface area contributed by atoms with E-state index in [9.17, 15) is 4.79 Å². The molecule has 1 aromatic heterocycles. The molecular weight excluding hydrogens is 314 g/mol. The molecule has 0 bridgehead atoms. The fraction of sp³-hybridized carbons (Fsp3) is 0.533. The van der Waals surface area contributed by atoms with Crippen molar-refractivity contribution in [1.82, 2.24) is 20.4 Å². The number of aromatic nitrogens is 2. The summed E-state index contributed by atoms with van der Waals surface area (Å²) in [5.74, 6) is 0.634. The average Bonchev–Trinajstić information content (AvgIpc) is 2.85. The Kier molecular flexibility index (Phi) is 5.25. The first kappa shape index (κ1) is 17.3. The second-order valence-corrected chi connectivity index (χ2v) is 6.71. The van der Waals surface area contributed by atoms with E-state index in [-0.39, 0.29) is 6.09 Å². The number of fused-ring (bicyclic) bond motifs is 1. The number of nitrogens with one attached hydrogen (secondary N) is 3. The van der Waals surface area contributed by atoms with Crippen molar-refractivity contribution >= 4 is 29.2 Å². The smallest absolute Gasteiger partial charge is 0.410 e. The van der Waals surface area contributed by atoms with Crippen LogP contribution in [0.3, 0.4) is 0 Å². The van der Waals surface area contributed by atoms with Crippen LogP contribution in [0.25, 0.3) is 0 Å². The lowest BCUT2D eigenvalue weighted by Crippen LogP contribution is -2.40. The normalized spacial score (nSPS) is 14.0. The highest BCUT2D eigenvalue weighted by Crippen LogP contribution is 2.25. The molecule has 23 heavy (non-hydrogen) atoms. The summed E-state index contributed by atoms with van der Waals surface area (Å²) in [6.45, 7) is 10.8. The van der Waals surface area contributed by atoms with Crippen molar-refractivity contribution in [3.05, 3.63) is 23.9 Å². The minimum Gasteiger partial charge on any atom is -0.444 e. The van der Waals surface area contributed by atoms with E-state index in [4.69, 9.17) is 17.0 Å². The molecule has 0 atom stereocenters. The molecule has 126 valence electrons. The highest BCUT2D eigenvalue weighted by Gasteiger charge is 2.28. The molecule has 0 aromatic carbocycles. The number of rotatable bonds is 3. The van der Waals surface area contributed by atoms with Crippen molar-refractivity contribution in [1.29, 1.82) is 0 Å². The van der Waals surface area contributed by atoms with E-state index in [0.29, 0.717) is 37.0 Å². The van der Waals surface area contributed by atoms with Gasteiger partial charge < -0.3 is 20.3 Å². The summed E-state index contributed by atoms with van der Waals surface area (Å²) in [4.78, 5) is 13.9. The van der Waals surface area contributed by atoms with E-state index in [1.165, 1.54) is 0 Å². The number of anilines is 1. The Morgan fingerprint density at radius 1 is 1.57 bits per heavy atom. The Morgan fingerprint density at radius 3 is 2.96 bits per heavy atom. The van der Waals surface area contributed by atoms with Gasteiger partial charge in [-0.3, -0.25) is 5.10 Å². The predicted molar refractivity (Wildman–Crippen MR) is 93.4 cm³/mol. The molecule has 0 aliphatic carbocycles. The second kappa shape index (κ2) is 6.99. The van der Waals surface area contributed by atoms with E-state index in [2.05, 4.69) is 27.4 Å². The minimum atomic E-state index is -0.509. The molecule has 2 heterocycles. The van der Waals surface area contributed by atoms with E-state index < -0.39 is 5.60 Å². The van der Waals surface area contributed by atoms with Gasteiger partial charge in [-0.1, -0.05) is 6.08 Å². The fourth-order valence-corrected chi connectivity index (χ4v) is 2.38. The molecular formula is C15H23N5O2S. The first-order chi connectivity index (χ1) is 10.8. The van der Waals surface area contributed by atoms with Crippen LogP contribution in [-0.4, -0.2) is 45.0 Å². The maximum absolute atomic E-state index is 12.2. The molecule has 2 rings (SSSR count). The van der Waals surface area contributed by atoms with Crippen molar-refractivity contribution in [3.63, 3.8) is 0 Å². The number of hydrogen-bond acceptors (Lipinski definition) is 4. The summed E-state index contributed by atoms with van der Waals surface area (Å²) in [6, 6.07) is 0. The molecule has 1 aromatic rings. The topological polar surface area (TPSA) is 82.3 Å². The number of hydrogen-bond donors (Lipinski definition) is 3. The van der Waals surface area contributed by atoms with Gasteiger partial charge in [0.15, 0.2) is 10.9 Å². The summed E-state index contributed by atoms with van der Waals surface area (Å²) >= 11 is 5.20. The van der Waals surface area contributed by atoms with E-state index in [0.717, 1.165) is 11.3 Å². The van der Waals surface area contributed by atoms with Gasteiger partial charge >= 0.3 is 6.09 Å². The number of carbonyl (C=O) groups excluding carboxylic acids is 1. The van der Waals surface area contributed by atoms with E-state index in [1.807, 2.05) is 20.8 Å². The number of H-pyrrole nitrogens is 1. The average molecular weight is 337 g/mol. The lowest BCUT2D eigenvalue weighted by molar-refractivity contribution is 0.0224. The summed E-state index contributed by atoms with van der Waals surface area (Å²) in [6.07, 6.45) is 2.11. The van der Waals surface area contributed by atoms with Gasteiger partial charge in [0.2, 0.25) is 0 Å². The molecule has 7 nitrogen and oxygen atoms in total. The van der Waals surface area contributed by atoms with Crippen LogP contribution in [0.4, 0.5) is 10.6 Å². The highest BCUT2D eigenvalue weighted by atomic mass is 32.1. The minimum absolute atomic E-state index is 0.317. The quantitative estimate of drug-likeness (QED) is 0.579. The Labute approximate surface area is 141 Å². The van der Waals surface area contributed by atoms with E-state index in [1.54, 1.807) is 11.0 Å². The Morgan fingerprint density at radius 2 is 2.30 bits per heavy atom. The molecule has 8 heteroatoms. The van der Waals surface area contributed by atoms with Crippen molar-refractivity contribution in [2.45, 2.75) is 39.3 Å². The van der Waals surface area contributed by atoms with Crippen molar-refractivity contribution < 1.29 is 9.53 Å². The molecule has 0 saturated carbocycles. The van der Waals surface area contributed by atoms with Gasteiger partial charge in [-0.15, -0.1) is 6.58 Å². The molecule has 1 amide bonds. The van der Waals surface area contributed by atoms with Crippen LogP contribution < -0.4 is 10.6 Å². The van der Waals surface area contributed by atoms with Crippen LogP contribution in [0.15, 0.2) is 12.7 Å². The highest BCUT2D eigenvalue weighted by molar-refractivity contribution is 7.80. The van der Waals surface area contributed by atoms with Crippen LogP contribution in [0.5, 0.6) is 0 Å². The van der Waals surface area contributed by atoms with Crippen LogP contribution in [0, 0.1) is 0 Å². The summed E-state index contributed by atoms with van der Waals surface area (Å²) in [5.41, 5.74) is 1.44. The SMILES string of the molecule is C=CCNC(=S)Nc1n[nH]c2c1CN(C(=O)OC(C)(C)C)CC2. The number of thiocarbonyl (C=S) groups is 1. The molecule has 1 aliphatic rings. The molecule has 0 saturated heterocycles. The number of ether oxygens (including phenoxy) is 1. The van der Waals surface area contributed by atoms with Crippen LogP contribution in [0.1, 0.15) is 32.0 Å². The Balaban J connectivity index is 2.04. The van der Waals surface area contributed by atoms with Crippen molar-refractivity contribution in [3.8, 4) is 0 Å². The van der Waals surface area contributed by atoms with E-state index >= 15 is 0 Å². The Bertz CT molecular complexity index is 605. The zero-order chi connectivity index (χ0) is 17.0. The zero-order valence-electron chi connectivity index (χ0n) is 13.7. The number of carbonyl (C=O) groups is 1. The first-order valence-corrected chi connectivity index (χ1v) is 7.91. The summed E-state index contributed by atoms with van der Waals surface area (Å²) in [7, 11) is 0. The lowest BCUT2D eigenvalue weighted by Gasteiger charge is -2.30. The third kappa shape index (κ3) is 4.69. The molecule has 3 N–H and O–H groups in total. The first-order valence-electron chi connectivity index (χ1n) is 7.50. The van der Waals surface area contributed by atoms with Gasteiger partial charge in [0, 0.05) is 30.8 Å². The van der Waals surface area contributed by atoms with Crippen LogP contribution in [-0.2, 0) is 17.7 Å². The molecule has 0 fully saturated rings. The molecule has 1 aliphatic heterocycles. The third-order valence-corrected chi connectivity index (χ3v) is 3.47. The molecule has 0 spiro atoms. The van der Waals surface area contributed by atoms with Crippen LogP contribution in [0.2, 0.25) is 0 Å². The van der Waals surface area contributed by atoms with Crippen molar-refractivity contribution in [2.24, 2.45) is 0 Å². The molecule has 0 radical (unpaired) electrons. The van der Waals surface area contributed by atoms with Gasteiger partial charge in [-0.2, -0.15) is 5.10 Å². The van der Waals surface area contributed by atoms with Gasteiger partial charge in [0.1, 0.15) is 5.60 Å². The summed E-state index contributed by atoms with van der Waals surface area (Å²) in [5, 5.41) is 13.7. The number of nitrogens with zero attached hydrogens (tertiary/aromatic N) is 2. The second-order valence-electron chi connectivity index (χ2n) is 6.30. The van der Waals surface area contributed by atoms with Crippen LogP contribution >= 0.6 is 12.2 Å². The monoisotopic (exact) mass is 337 g/mol. The Hall–Kier alpha value is -2.09. The summed E-state index contributed by atoms with van der Waals surface area (Å²) < 4.78 is 5.43. The standard InChI is InChI=1S/C15H23N5O2S/c1-5-7-16-13(23)17-12-10-9-20(8-6-11(10)18-19-12)14(21)22-15(2,3)4/h5H,1,6-9H2,2-4H3,(H3,16,17,18,19,23). The molecule has 0 unspecified atom stereocenters. The fourth-order valence-electron chi connectivity index (χ4n) is 2.20. The largest absolute Gasteiger partial charge is 0.444 e. The zero-order valence-corrected chi connectivity index (χ0v) is 14.5. The van der Waals surface area contributed by atoms with Gasteiger partial charge in [-0.25, -0.2) is 4.79 Å². The maximum Gasteiger partial charge on any atom is 0.410 e. The number of aromatic amines is 1. The lowest BCUT2D eigenvalue weighted by atomic mass is 10.1. The van der Waals surface area contributed by atoms with Gasteiger partial charge in [0.25, 0.3) is 0 Å². The van der Waals surface area contributed by atoms with Gasteiger partial charge in [0.05, 0.1) is 6.54 Å².